The van der Waals surface area contributed by atoms with Crippen molar-refractivity contribution in [2.24, 2.45) is 0 Å². The Bertz CT molecular complexity index is 1590. The molecule has 0 saturated heterocycles. The minimum Gasteiger partial charge on any atom is -0.315 e. The highest BCUT2D eigenvalue weighted by Gasteiger charge is 2.19. The number of aromatic amines is 1. The van der Waals surface area contributed by atoms with Gasteiger partial charge >= 0.3 is 0 Å². The molecule has 0 unspecified atom stereocenters. The van der Waals surface area contributed by atoms with Crippen molar-refractivity contribution in [1.29, 1.82) is 0 Å². The van der Waals surface area contributed by atoms with Crippen LogP contribution in [-0.2, 0) is 6.54 Å². The third-order valence-corrected chi connectivity index (χ3v) is 5.37. The van der Waals surface area contributed by atoms with Gasteiger partial charge < -0.3 is 4.57 Å². The van der Waals surface area contributed by atoms with E-state index in [-0.39, 0.29) is 0 Å². The number of fused-ring (bicyclic) bond motifs is 2. The first-order valence-corrected chi connectivity index (χ1v) is 9.95. The Labute approximate surface area is 180 Å². The Morgan fingerprint density at radius 2 is 1.81 bits per heavy atom. The number of rotatable bonds is 4. The maximum Gasteiger partial charge on any atom is 0.199 e. The summed E-state index contributed by atoms with van der Waals surface area (Å²) in [5.41, 5.74) is 4.64. The number of aromatic nitrogens is 8. The largest absolute Gasteiger partial charge is 0.315 e. The van der Waals surface area contributed by atoms with Crippen LogP contribution in [0.1, 0.15) is 5.82 Å². The number of hydrogen-bond donors (Lipinski definition) is 1. The summed E-state index contributed by atoms with van der Waals surface area (Å²) in [4.78, 5) is 9.32. The van der Waals surface area contributed by atoms with Gasteiger partial charge in [0.2, 0.25) is 0 Å². The maximum absolute atomic E-state index is 5.54. The molecule has 0 radical (unpaired) electrons. The highest BCUT2D eigenvalue weighted by molar-refractivity contribution is 7.71. The van der Waals surface area contributed by atoms with Crippen molar-refractivity contribution in [3.8, 4) is 17.2 Å². The van der Waals surface area contributed by atoms with E-state index in [2.05, 4.69) is 30.1 Å². The van der Waals surface area contributed by atoms with Crippen molar-refractivity contribution in [1.82, 2.24) is 39.6 Å². The van der Waals surface area contributed by atoms with E-state index in [1.54, 1.807) is 6.20 Å². The first kappa shape index (κ1) is 17.7. The second-order valence-electron chi connectivity index (χ2n) is 6.91. The molecule has 0 aliphatic carbocycles. The molecule has 0 fully saturated rings. The van der Waals surface area contributed by atoms with Crippen molar-refractivity contribution >= 4 is 34.3 Å². The van der Waals surface area contributed by atoms with Crippen LogP contribution in [0, 0.1) is 4.77 Å². The molecule has 0 bridgehead atoms. The van der Waals surface area contributed by atoms with Gasteiger partial charge in [-0.3, -0.25) is 14.6 Å². The number of imidazole rings is 1. The predicted molar refractivity (Wildman–Crippen MR) is 116 cm³/mol. The molecule has 6 aromatic rings. The SMILES string of the molecule is S=c1[nH]nc(Cn2c(-c3ccccn3)nc3ccccc32)n1-c1cccc2nonc12. The first-order chi connectivity index (χ1) is 15.3. The highest BCUT2D eigenvalue weighted by atomic mass is 32.1. The lowest BCUT2D eigenvalue weighted by Crippen LogP contribution is -2.09. The molecule has 4 heterocycles. The van der Waals surface area contributed by atoms with Crippen molar-refractivity contribution in [3.05, 3.63) is 77.5 Å². The molecule has 0 aliphatic rings. The van der Waals surface area contributed by atoms with Crippen molar-refractivity contribution in [2.75, 3.05) is 0 Å². The van der Waals surface area contributed by atoms with Crippen LogP contribution in [-0.4, -0.2) is 39.6 Å². The number of hydrogen-bond acceptors (Lipinski definition) is 7. The second kappa shape index (κ2) is 6.96. The zero-order valence-electron chi connectivity index (χ0n) is 16.0. The standard InChI is InChI=1S/C21H14N8OS/c31-21-25-24-18(29(21)17-10-5-8-14-19(17)27-30-26-14)12-28-16-9-2-1-6-13(16)23-20(28)15-7-3-4-11-22-15/h1-11H,12H2,(H,25,31). The zero-order valence-corrected chi connectivity index (χ0v) is 16.8. The van der Waals surface area contributed by atoms with Crippen LogP contribution in [0.5, 0.6) is 0 Å². The van der Waals surface area contributed by atoms with Gasteiger partial charge in [0.05, 0.1) is 23.3 Å². The number of benzene rings is 2. The van der Waals surface area contributed by atoms with E-state index in [0.29, 0.717) is 28.2 Å². The number of para-hydroxylation sites is 2. The Balaban J connectivity index is 1.56. The van der Waals surface area contributed by atoms with Gasteiger partial charge in [-0.15, -0.1) is 0 Å². The van der Waals surface area contributed by atoms with Crippen molar-refractivity contribution in [3.63, 3.8) is 0 Å². The Morgan fingerprint density at radius 3 is 2.71 bits per heavy atom. The third-order valence-electron chi connectivity index (χ3n) is 5.10. The summed E-state index contributed by atoms with van der Waals surface area (Å²) in [6.45, 7) is 0.418. The van der Waals surface area contributed by atoms with Gasteiger partial charge in [0.25, 0.3) is 0 Å². The Morgan fingerprint density at radius 1 is 0.935 bits per heavy atom. The van der Waals surface area contributed by atoms with Gasteiger partial charge in [-0.25, -0.2) is 9.61 Å². The molecule has 1 N–H and O–H groups in total. The quantitative estimate of drug-likeness (QED) is 0.426. The third kappa shape index (κ3) is 2.84. The summed E-state index contributed by atoms with van der Waals surface area (Å²) in [5.74, 6) is 1.45. The van der Waals surface area contributed by atoms with Crippen LogP contribution >= 0.6 is 12.2 Å². The smallest absolute Gasteiger partial charge is 0.199 e. The molecule has 4 aromatic heterocycles. The number of nitrogens with zero attached hydrogens (tertiary/aromatic N) is 7. The maximum atomic E-state index is 5.54. The predicted octanol–water partition coefficient (Wildman–Crippen LogP) is 3.93. The van der Waals surface area contributed by atoms with E-state index in [1.807, 2.05) is 65.2 Å². The molecule has 10 heteroatoms. The lowest BCUT2D eigenvalue weighted by molar-refractivity contribution is 0.315. The molecular weight excluding hydrogens is 412 g/mol. The average molecular weight is 426 g/mol. The van der Waals surface area contributed by atoms with Crippen LogP contribution in [0.25, 0.3) is 39.3 Å². The molecule has 6 rings (SSSR count). The summed E-state index contributed by atoms with van der Waals surface area (Å²) in [6.07, 6.45) is 1.76. The molecular formula is C21H14N8OS. The number of pyridine rings is 1. The Hall–Kier alpha value is -4.18. The van der Waals surface area contributed by atoms with E-state index in [9.17, 15) is 0 Å². The van der Waals surface area contributed by atoms with Crippen LogP contribution in [0.4, 0.5) is 0 Å². The van der Waals surface area contributed by atoms with Gasteiger partial charge in [0.1, 0.15) is 11.2 Å². The molecule has 2 aromatic carbocycles. The van der Waals surface area contributed by atoms with E-state index in [4.69, 9.17) is 21.8 Å². The van der Waals surface area contributed by atoms with Gasteiger partial charge in [0, 0.05) is 6.20 Å². The van der Waals surface area contributed by atoms with Crippen LogP contribution in [0.15, 0.2) is 71.5 Å². The molecule has 0 spiro atoms. The first-order valence-electron chi connectivity index (χ1n) is 9.54. The lowest BCUT2D eigenvalue weighted by atomic mass is 10.2. The summed E-state index contributed by atoms with van der Waals surface area (Å²) in [5, 5.41) is 15.4. The molecule has 9 nitrogen and oxygen atoms in total. The molecule has 31 heavy (non-hydrogen) atoms. The summed E-state index contributed by atoms with van der Waals surface area (Å²) in [7, 11) is 0. The van der Waals surface area contributed by atoms with Crippen LogP contribution < -0.4 is 0 Å². The van der Waals surface area contributed by atoms with Crippen LogP contribution in [0.2, 0.25) is 0 Å². The monoisotopic (exact) mass is 426 g/mol. The van der Waals surface area contributed by atoms with Crippen molar-refractivity contribution < 1.29 is 4.63 Å². The summed E-state index contributed by atoms with van der Waals surface area (Å²) in [6, 6.07) is 19.4. The van der Waals surface area contributed by atoms with Gasteiger partial charge in [-0.1, -0.05) is 24.3 Å². The molecule has 0 atom stereocenters. The van der Waals surface area contributed by atoms with Gasteiger partial charge in [-0.2, -0.15) is 5.10 Å². The summed E-state index contributed by atoms with van der Waals surface area (Å²) >= 11 is 5.54. The van der Waals surface area contributed by atoms with Gasteiger partial charge in [-0.05, 0) is 58.9 Å². The fraction of sp³-hybridized carbons (Fsp3) is 0.0476. The Kier molecular flexibility index (Phi) is 3.96. The molecule has 150 valence electrons. The fourth-order valence-electron chi connectivity index (χ4n) is 3.72. The van der Waals surface area contributed by atoms with Gasteiger partial charge in [0.15, 0.2) is 21.9 Å². The molecule has 0 amide bonds. The summed E-state index contributed by atoms with van der Waals surface area (Å²) < 4.78 is 9.31. The number of nitrogens with one attached hydrogen (secondary N) is 1. The second-order valence-corrected chi connectivity index (χ2v) is 7.30. The average Bonchev–Trinajstić information content (AvgIpc) is 3.52. The normalized spacial score (nSPS) is 11.5. The zero-order chi connectivity index (χ0) is 20.8. The topological polar surface area (TPSA) is 103 Å². The highest BCUT2D eigenvalue weighted by Crippen LogP contribution is 2.26. The number of H-pyrrole nitrogens is 1. The molecule has 0 aliphatic heterocycles. The lowest BCUT2D eigenvalue weighted by Gasteiger charge is -2.11. The van der Waals surface area contributed by atoms with E-state index in [0.717, 1.165) is 28.2 Å². The van der Waals surface area contributed by atoms with Crippen LogP contribution in [0.3, 0.4) is 0 Å². The van der Waals surface area contributed by atoms with E-state index >= 15 is 0 Å². The fourth-order valence-corrected chi connectivity index (χ4v) is 3.97. The van der Waals surface area contributed by atoms with Crippen molar-refractivity contribution in [2.45, 2.75) is 6.54 Å². The van der Waals surface area contributed by atoms with E-state index < -0.39 is 0 Å². The molecule has 0 saturated carbocycles. The van der Waals surface area contributed by atoms with E-state index in [1.165, 1.54) is 0 Å². The minimum atomic E-state index is 0.418. The minimum absolute atomic E-state index is 0.418.